The van der Waals surface area contributed by atoms with Crippen molar-refractivity contribution in [3.05, 3.63) is 41.7 Å². The quantitative estimate of drug-likeness (QED) is 0.837. The second-order valence-corrected chi connectivity index (χ2v) is 6.18. The van der Waals surface area contributed by atoms with Gasteiger partial charge in [0.2, 0.25) is 10.0 Å². The van der Waals surface area contributed by atoms with E-state index in [0.717, 1.165) is 16.4 Å². The molecule has 1 aromatic carbocycles. The number of hydrogen-bond acceptors (Lipinski definition) is 3. The zero-order valence-electron chi connectivity index (χ0n) is 10.6. The molecular formula is C12H14FNO4S. The van der Waals surface area contributed by atoms with Crippen LogP contribution in [0.15, 0.2) is 35.2 Å². The van der Waals surface area contributed by atoms with Crippen molar-refractivity contribution in [2.75, 3.05) is 13.6 Å². The summed E-state index contributed by atoms with van der Waals surface area (Å²) in [5.74, 6) is -2.24. The molecule has 19 heavy (non-hydrogen) atoms. The minimum atomic E-state index is -4.08. The van der Waals surface area contributed by atoms with Crippen LogP contribution in [-0.2, 0) is 10.0 Å². The molecular weight excluding hydrogens is 273 g/mol. The highest BCUT2D eigenvalue weighted by Gasteiger charge is 2.27. The van der Waals surface area contributed by atoms with Crippen LogP contribution in [-0.4, -0.2) is 37.4 Å². The van der Waals surface area contributed by atoms with Gasteiger partial charge in [-0.25, -0.2) is 17.6 Å². The fraction of sp³-hybridized carbons (Fsp3) is 0.250. The number of benzene rings is 1. The van der Waals surface area contributed by atoms with Gasteiger partial charge in [0.25, 0.3) is 0 Å². The number of rotatable bonds is 5. The first-order valence-corrected chi connectivity index (χ1v) is 6.74. The van der Waals surface area contributed by atoms with Gasteiger partial charge in [-0.1, -0.05) is 12.2 Å². The Bertz CT molecular complexity index is 625. The van der Waals surface area contributed by atoms with E-state index in [9.17, 15) is 17.6 Å². The molecule has 0 bridgehead atoms. The van der Waals surface area contributed by atoms with Gasteiger partial charge in [-0.15, -0.1) is 0 Å². The first-order chi connectivity index (χ1) is 8.66. The van der Waals surface area contributed by atoms with E-state index in [1.165, 1.54) is 7.05 Å². The number of carboxylic acids is 1. The molecule has 0 heterocycles. The van der Waals surface area contributed by atoms with E-state index in [4.69, 9.17) is 5.11 Å². The molecule has 0 aliphatic heterocycles. The van der Waals surface area contributed by atoms with Crippen molar-refractivity contribution < 1.29 is 22.7 Å². The second-order valence-electron chi connectivity index (χ2n) is 4.16. The molecule has 1 aromatic rings. The molecule has 0 fully saturated rings. The number of nitrogens with zero attached hydrogens (tertiary/aromatic N) is 1. The summed E-state index contributed by atoms with van der Waals surface area (Å²) in [5.41, 5.74) is 0.120. The van der Waals surface area contributed by atoms with Gasteiger partial charge in [0.15, 0.2) is 0 Å². The van der Waals surface area contributed by atoms with Crippen LogP contribution < -0.4 is 0 Å². The number of halogens is 1. The van der Waals surface area contributed by atoms with E-state index >= 15 is 0 Å². The predicted octanol–water partition coefficient (Wildman–Crippen LogP) is 1.72. The van der Waals surface area contributed by atoms with Gasteiger partial charge in [0.05, 0.1) is 10.5 Å². The lowest BCUT2D eigenvalue weighted by molar-refractivity contribution is 0.0692. The Morgan fingerprint density at radius 2 is 2.05 bits per heavy atom. The van der Waals surface area contributed by atoms with E-state index in [2.05, 4.69) is 6.58 Å². The molecule has 0 saturated carbocycles. The Morgan fingerprint density at radius 3 is 2.53 bits per heavy atom. The van der Waals surface area contributed by atoms with E-state index < -0.39 is 32.3 Å². The Labute approximate surface area is 111 Å². The average molecular weight is 287 g/mol. The molecule has 0 spiro atoms. The van der Waals surface area contributed by atoms with E-state index in [0.29, 0.717) is 11.6 Å². The predicted molar refractivity (Wildman–Crippen MR) is 68.0 cm³/mol. The fourth-order valence-corrected chi connectivity index (χ4v) is 2.94. The lowest BCUT2D eigenvalue weighted by Crippen LogP contribution is -2.29. The molecule has 1 N–H and O–H groups in total. The van der Waals surface area contributed by atoms with Crippen LogP contribution in [0.2, 0.25) is 0 Å². The van der Waals surface area contributed by atoms with Crippen molar-refractivity contribution in [2.45, 2.75) is 11.8 Å². The highest BCUT2D eigenvalue weighted by atomic mass is 32.2. The zero-order valence-corrected chi connectivity index (χ0v) is 11.4. The minimum Gasteiger partial charge on any atom is -0.478 e. The number of sulfonamides is 1. The summed E-state index contributed by atoms with van der Waals surface area (Å²) < 4.78 is 38.5. The third kappa shape index (κ3) is 3.39. The smallest absolute Gasteiger partial charge is 0.337 e. The number of likely N-dealkylation sites (N-methyl/N-ethyl adjacent to an activating group) is 1. The molecule has 5 nitrogen and oxygen atoms in total. The van der Waals surface area contributed by atoms with Gasteiger partial charge in [-0.2, -0.15) is 4.31 Å². The standard InChI is InChI=1S/C12H14FNO4S/c1-8(2)7-14(3)19(17,18)11-6-9(13)4-5-10(11)12(15)16/h4-6H,1,7H2,2-3H3,(H,15,16). The molecule has 0 amide bonds. The lowest BCUT2D eigenvalue weighted by atomic mass is 10.2. The summed E-state index contributed by atoms with van der Waals surface area (Å²) >= 11 is 0. The maximum absolute atomic E-state index is 13.2. The number of carbonyl (C=O) groups is 1. The molecule has 0 aliphatic rings. The Balaban J connectivity index is 3.39. The average Bonchev–Trinajstić information content (AvgIpc) is 2.27. The minimum absolute atomic E-state index is 0.0257. The van der Waals surface area contributed by atoms with Gasteiger partial charge in [0.1, 0.15) is 5.82 Å². The normalized spacial score (nSPS) is 11.6. The SMILES string of the molecule is C=C(C)CN(C)S(=O)(=O)c1cc(F)ccc1C(=O)O. The third-order valence-electron chi connectivity index (χ3n) is 2.35. The van der Waals surface area contributed by atoms with Gasteiger partial charge in [0, 0.05) is 13.6 Å². The summed E-state index contributed by atoms with van der Waals surface area (Å²) in [6.07, 6.45) is 0. The highest BCUT2D eigenvalue weighted by Crippen LogP contribution is 2.21. The first-order valence-electron chi connectivity index (χ1n) is 5.30. The van der Waals surface area contributed by atoms with Gasteiger partial charge < -0.3 is 5.11 Å². The lowest BCUT2D eigenvalue weighted by Gasteiger charge is -2.18. The monoisotopic (exact) mass is 287 g/mol. The van der Waals surface area contributed by atoms with E-state index in [1.807, 2.05) is 0 Å². The summed E-state index contributed by atoms with van der Waals surface area (Å²) in [6, 6.07) is 2.54. The summed E-state index contributed by atoms with van der Waals surface area (Å²) in [5, 5.41) is 8.96. The van der Waals surface area contributed by atoms with Gasteiger partial charge in [-0.3, -0.25) is 0 Å². The molecule has 1 rings (SSSR count). The largest absolute Gasteiger partial charge is 0.478 e. The Morgan fingerprint density at radius 1 is 1.47 bits per heavy atom. The van der Waals surface area contributed by atoms with Crippen LogP contribution in [0, 0.1) is 5.82 Å². The van der Waals surface area contributed by atoms with Crippen molar-refractivity contribution in [1.82, 2.24) is 4.31 Å². The molecule has 0 atom stereocenters. The maximum Gasteiger partial charge on any atom is 0.337 e. The fourth-order valence-electron chi connectivity index (χ4n) is 1.52. The third-order valence-corrected chi connectivity index (χ3v) is 4.20. The topological polar surface area (TPSA) is 74.7 Å². The number of hydrogen-bond donors (Lipinski definition) is 1. The van der Waals surface area contributed by atoms with E-state index in [-0.39, 0.29) is 6.54 Å². The molecule has 0 aliphatic carbocycles. The molecule has 0 saturated heterocycles. The van der Waals surface area contributed by atoms with Crippen molar-refractivity contribution in [3.63, 3.8) is 0 Å². The zero-order chi connectivity index (χ0) is 14.8. The van der Waals surface area contributed by atoms with Crippen molar-refractivity contribution >= 4 is 16.0 Å². The summed E-state index contributed by atoms with van der Waals surface area (Å²) in [4.78, 5) is 10.4. The number of aromatic carboxylic acids is 1. The van der Waals surface area contributed by atoms with Crippen LogP contribution in [0.1, 0.15) is 17.3 Å². The summed E-state index contributed by atoms with van der Waals surface area (Å²) in [7, 11) is -2.80. The Hall–Kier alpha value is -1.73. The van der Waals surface area contributed by atoms with Crippen molar-refractivity contribution in [2.24, 2.45) is 0 Å². The maximum atomic E-state index is 13.2. The second kappa shape index (κ2) is 5.50. The molecule has 0 aromatic heterocycles. The van der Waals surface area contributed by atoms with Crippen LogP contribution in [0.4, 0.5) is 4.39 Å². The number of carboxylic acid groups (broad SMARTS) is 1. The summed E-state index contributed by atoms with van der Waals surface area (Å²) in [6.45, 7) is 5.24. The van der Waals surface area contributed by atoms with Crippen LogP contribution >= 0.6 is 0 Å². The van der Waals surface area contributed by atoms with Gasteiger partial charge in [-0.05, 0) is 25.1 Å². The van der Waals surface area contributed by atoms with Gasteiger partial charge >= 0.3 is 5.97 Å². The van der Waals surface area contributed by atoms with Crippen LogP contribution in [0.5, 0.6) is 0 Å². The molecule has 7 heteroatoms. The van der Waals surface area contributed by atoms with Crippen molar-refractivity contribution in [3.8, 4) is 0 Å². The van der Waals surface area contributed by atoms with Crippen LogP contribution in [0.3, 0.4) is 0 Å². The highest BCUT2D eigenvalue weighted by molar-refractivity contribution is 7.89. The molecule has 0 unspecified atom stereocenters. The Kier molecular flexibility index (Phi) is 4.43. The van der Waals surface area contributed by atoms with Crippen molar-refractivity contribution in [1.29, 1.82) is 0 Å². The van der Waals surface area contributed by atoms with Crippen LogP contribution in [0.25, 0.3) is 0 Å². The van der Waals surface area contributed by atoms with E-state index in [1.54, 1.807) is 6.92 Å². The molecule has 104 valence electrons. The first kappa shape index (κ1) is 15.3. The molecule has 0 radical (unpaired) electrons.